The maximum Gasteiger partial charge on any atom is 0.243 e. The van der Waals surface area contributed by atoms with E-state index in [4.69, 9.17) is 16.3 Å². The number of guanidine groups is 1. The van der Waals surface area contributed by atoms with Crippen LogP contribution in [-0.4, -0.2) is 63.6 Å². The van der Waals surface area contributed by atoms with E-state index in [9.17, 15) is 4.79 Å². The van der Waals surface area contributed by atoms with Gasteiger partial charge >= 0.3 is 0 Å². The number of rotatable bonds is 7. The van der Waals surface area contributed by atoms with Gasteiger partial charge in [0.25, 0.3) is 0 Å². The van der Waals surface area contributed by atoms with Crippen LogP contribution in [0, 0.1) is 0 Å². The molecule has 10 heteroatoms. The number of amides is 1. The highest BCUT2D eigenvalue weighted by Gasteiger charge is 2.25. The van der Waals surface area contributed by atoms with Crippen LogP contribution < -0.4 is 20.3 Å². The molecule has 1 aliphatic rings. The Labute approximate surface area is 209 Å². The van der Waals surface area contributed by atoms with Crippen LogP contribution >= 0.6 is 46.9 Å². The average Bonchev–Trinajstić information content (AvgIpc) is 3.41. The summed E-state index contributed by atoms with van der Waals surface area (Å²) in [5.41, 5.74) is 0.988. The molecule has 1 amide bonds. The van der Waals surface area contributed by atoms with Crippen molar-refractivity contribution in [1.29, 1.82) is 0 Å². The Morgan fingerprint density at radius 1 is 1.39 bits per heavy atom. The predicted octanol–water partition coefficient (Wildman–Crippen LogP) is 3.43. The van der Waals surface area contributed by atoms with Crippen molar-refractivity contribution in [3.8, 4) is 5.75 Å². The lowest BCUT2D eigenvalue weighted by atomic mass is 10.2. The van der Waals surface area contributed by atoms with Crippen molar-refractivity contribution in [1.82, 2.24) is 15.5 Å². The van der Waals surface area contributed by atoms with Gasteiger partial charge in [0.1, 0.15) is 12.3 Å². The molecule has 1 unspecified atom stereocenters. The molecular weight excluding hydrogens is 549 g/mol. The minimum atomic E-state index is -0.0380. The molecule has 170 valence electrons. The number of ether oxygens (including phenoxy) is 1. The normalized spacial score (nSPS) is 15.9. The number of nitrogens with zero attached hydrogens (tertiary/aromatic N) is 3. The number of hydrogen-bond donors (Lipinski definition) is 2. The van der Waals surface area contributed by atoms with Gasteiger partial charge in [-0.3, -0.25) is 4.79 Å². The Balaban J connectivity index is 0.00000341. The number of likely N-dealkylation sites (N-methyl/N-ethyl adjacent to an activating group) is 1. The van der Waals surface area contributed by atoms with Crippen LogP contribution in [0.4, 0.5) is 5.69 Å². The Hall–Kier alpha value is -1.72. The van der Waals surface area contributed by atoms with E-state index >= 15 is 0 Å². The van der Waals surface area contributed by atoms with Crippen LogP contribution in [0.2, 0.25) is 5.02 Å². The summed E-state index contributed by atoms with van der Waals surface area (Å²) in [7, 11) is 5.13. The number of methoxy groups -OCH3 is 1. The number of nitrogens with one attached hydrogen (secondary N) is 2. The zero-order valence-corrected chi connectivity index (χ0v) is 21.8. The molecule has 3 rings (SSSR count). The van der Waals surface area contributed by atoms with Gasteiger partial charge in [-0.1, -0.05) is 17.7 Å². The SMILES string of the molecule is COc1ccc(Cl)cc1N1CCC(NC(=NCC(=O)N(C)C)NCc2cccs2)C1.I. The van der Waals surface area contributed by atoms with E-state index in [2.05, 4.69) is 26.6 Å². The van der Waals surface area contributed by atoms with E-state index in [0.717, 1.165) is 30.9 Å². The van der Waals surface area contributed by atoms with E-state index < -0.39 is 0 Å². The van der Waals surface area contributed by atoms with Crippen molar-refractivity contribution in [3.05, 3.63) is 45.6 Å². The molecular formula is C21H29ClIN5O2S. The van der Waals surface area contributed by atoms with Crippen molar-refractivity contribution in [3.63, 3.8) is 0 Å². The number of aliphatic imine (C=N–C) groups is 1. The van der Waals surface area contributed by atoms with E-state index in [0.29, 0.717) is 17.5 Å². The topological polar surface area (TPSA) is 69.2 Å². The molecule has 31 heavy (non-hydrogen) atoms. The first kappa shape index (κ1) is 25.5. The molecule has 7 nitrogen and oxygen atoms in total. The minimum Gasteiger partial charge on any atom is -0.495 e. The molecule has 1 saturated heterocycles. The summed E-state index contributed by atoms with van der Waals surface area (Å²) in [6.07, 6.45) is 0.941. The molecule has 1 aromatic heterocycles. The summed E-state index contributed by atoms with van der Waals surface area (Å²) in [5, 5.41) is 9.56. The average molecular weight is 578 g/mol. The molecule has 0 spiro atoms. The third kappa shape index (κ3) is 7.43. The van der Waals surface area contributed by atoms with Gasteiger partial charge in [-0.15, -0.1) is 35.3 Å². The fourth-order valence-corrected chi connectivity index (χ4v) is 4.04. The quantitative estimate of drug-likeness (QED) is 0.300. The van der Waals surface area contributed by atoms with Crippen molar-refractivity contribution >= 4 is 64.5 Å². The van der Waals surface area contributed by atoms with Crippen molar-refractivity contribution in [2.45, 2.75) is 19.0 Å². The zero-order valence-electron chi connectivity index (χ0n) is 17.9. The first-order chi connectivity index (χ1) is 14.5. The Bertz CT molecular complexity index is 879. The number of anilines is 1. The van der Waals surface area contributed by atoms with E-state index in [-0.39, 0.29) is 42.5 Å². The molecule has 1 aromatic carbocycles. The molecule has 2 aromatic rings. The highest BCUT2D eigenvalue weighted by molar-refractivity contribution is 14.0. The molecule has 2 N–H and O–H groups in total. The van der Waals surface area contributed by atoms with Gasteiger partial charge in [0.2, 0.25) is 5.91 Å². The first-order valence-electron chi connectivity index (χ1n) is 9.82. The van der Waals surface area contributed by atoms with Crippen molar-refractivity contribution in [2.24, 2.45) is 4.99 Å². The highest BCUT2D eigenvalue weighted by Crippen LogP contribution is 2.33. The second-order valence-corrected chi connectivity index (χ2v) is 8.75. The van der Waals surface area contributed by atoms with Gasteiger partial charge < -0.3 is 25.2 Å². The monoisotopic (exact) mass is 577 g/mol. The smallest absolute Gasteiger partial charge is 0.243 e. The molecule has 2 heterocycles. The van der Waals surface area contributed by atoms with Crippen LogP contribution in [0.1, 0.15) is 11.3 Å². The molecule has 1 fully saturated rings. The number of thiophene rings is 1. The molecule has 0 aliphatic carbocycles. The predicted molar refractivity (Wildman–Crippen MR) is 139 cm³/mol. The van der Waals surface area contributed by atoms with Crippen molar-refractivity contribution < 1.29 is 9.53 Å². The fraction of sp³-hybridized carbons (Fsp3) is 0.429. The third-order valence-corrected chi connectivity index (χ3v) is 6.00. The van der Waals surface area contributed by atoms with Gasteiger partial charge in [0, 0.05) is 43.1 Å². The summed E-state index contributed by atoms with van der Waals surface area (Å²) in [5.74, 6) is 1.41. The maximum absolute atomic E-state index is 12.0. The van der Waals surface area contributed by atoms with E-state index in [1.165, 1.54) is 4.88 Å². The molecule has 0 radical (unpaired) electrons. The fourth-order valence-electron chi connectivity index (χ4n) is 3.23. The largest absolute Gasteiger partial charge is 0.495 e. The highest BCUT2D eigenvalue weighted by atomic mass is 127. The number of benzene rings is 1. The third-order valence-electron chi connectivity index (χ3n) is 4.89. The summed E-state index contributed by atoms with van der Waals surface area (Å²) < 4.78 is 5.50. The zero-order chi connectivity index (χ0) is 21.5. The van der Waals surface area contributed by atoms with Gasteiger partial charge in [-0.05, 0) is 36.1 Å². The summed E-state index contributed by atoms with van der Waals surface area (Å²) in [6.45, 7) is 2.44. The van der Waals surface area contributed by atoms with Crippen LogP contribution in [0.15, 0.2) is 40.7 Å². The van der Waals surface area contributed by atoms with Crippen LogP contribution in [0.3, 0.4) is 0 Å². The summed E-state index contributed by atoms with van der Waals surface area (Å²) in [6, 6.07) is 9.94. The number of carbonyl (C=O) groups is 1. The van der Waals surface area contributed by atoms with E-state index in [1.807, 2.05) is 29.6 Å². The minimum absolute atomic E-state index is 0. The van der Waals surface area contributed by atoms with Crippen LogP contribution in [0.25, 0.3) is 0 Å². The lowest BCUT2D eigenvalue weighted by molar-refractivity contribution is -0.127. The lowest BCUT2D eigenvalue weighted by Crippen LogP contribution is -2.45. The van der Waals surface area contributed by atoms with Gasteiger partial charge in [-0.2, -0.15) is 0 Å². The van der Waals surface area contributed by atoms with E-state index in [1.54, 1.807) is 37.4 Å². The molecule has 1 atom stereocenters. The first-order valence-corrected chi connectivity index (χ1v) is 11.1. The molecule has 1 aliphatic heterocycles. The molecule has 0 saturated carbocycles. The number of halogens is 2. The van der Waals surface area contributed by atoms with Crippen LogP contribution in [-0.2, 0) is 11.3 Å². The van der Waals surface area contributed by atoms with Gasteiger partial charge in [-0.25, -0.2) is 4.99 Å². The lowest BCUT2D eigenvalue weighted by Gasteiger charge is -2.22. The number of carbonyl (C=O) groups excluding carboxylic acids is 1. The van der Waals surface area contributed by atoms with Gasteiger partial charge in [0.15, 0.2) is 5.96 Å². The Morgan fingerprint density at radius 2 is 2.19 bits per heavy atom. The summed E-state index contributed by atoms with van der Waals surface area (Å²) in [4.78, 5) is 21.5. The Kier molecular flexibility index (Phi) is 10.2. The maximum atomic E-state index is 12.0. The second kappa shape index (κ2) is 12.4. The molecule has 0 bridgehead atoms. The van der Waals surface area contributed by atoms with Gasteiger partial charge in [0.05, 0.1) is 19.3 Å². The summed E-state index contributed by atoms with van der Waals surface area (Å²) >= 11 is 7.88. The second-order valence-electron chi connectivity index (χ2n) is 7.28. The van der Waals surface area contributed by atoms with Crippen molar-refractivity contribution in [2.75, 3.05) is 45.7 Å². The van der Waals surface area contributed by atoms with Crippen LogP contribution in [0.5, 0.6) is 5.75 Å². The number of hydrogen-bond acceptors (Lipinski definition) is 5. The Morgan fingerprint density at radius 3 is 2.87 bits per heavy atom. The standard InChI is InChI=1S/C21H28ClN5O2S.HI/c1-26(2)20(28)13-24-21(23-12-17-5-4-10-30-17)25-16-8-9-27(14-16)18-11-15(22)6-7-19(18)29-3;/h4-7,10-11,16H,8-9,12-14H2,1-3H3,(H2,23,24,25);1H.